The maximum Gasteiger partial charge on any atom is 0.322 e. The van der Waals surface area contributed by atoms with Gasteiger partial charge in [-0.3, -0.25) is 4.79 Å². The van der Waals surface area contributed by atoms with Crippen molar-refractivity contribution in [3.05, 3.63) is 75.0 Å². The SMILES string of the molecule is Cc1ccc2[nH]c(=O)c(CN(C[C@H]3CCCO3)C(=O)Nc3ccc(Cl)cc3)cc2c1. The molecule has 1 fully saturated rings. The summed E-state index contributed by atoms with van der Waals surface area (Å²) >= 11 is 5.93. The number of carbonyl (C=O) groups excluding carboxylic acids is 1. The van der Waals surface area contributed by atoms with Gasteiger partial charge in [-0.15, -0.1) is 0 Å². The Morgan fingerprint density at radius 2 is 2.03 bits per heavy atom. The van der Waals surface area contributed by atoms with Gasteiger partial charge in [0.1, 0.15) is 0 Å². The van der Waals surface area contributed by atoms with E-state index in [1.165, 1.54) is 0 Å². The molecule has 2 amide bonds. The predicted molar refractivity (Wildman–Crippen MR) is 119 cm³/mol. The third kappa shape index (κ3) is 4.83. The minimum Gasteiger partial charge on any atom is -0.376 e. The van der Waals surface area contributed by atoms with Gasteiger partial charge in [0, 0.05) is 34.9 Å². The number of fused-ring (bicyclic) bond motifs is 1. The molecule has 2 N–H and O–H groups in total. The molecule has 0 aliphatic carbocycles. The number of carbonyl (C=O) groups is 1. The van der Waals surface area contributed by atoms with Crippen LogP contribution in [0.5, 0.6) is 0 Å². The summed E-state index contributed by atoms with van der Waals surface area (Å²) in [6.07, 6.45) is 1.85. The fourth-order valence-electron chi connectivity index (χ4n) is 3.68. The summed E-state index contributed by atoms with van der Waals surface area (Å²) in [4.78, 5) is 30.2. The largest absolute Gasteiger partial charge is 0.376 e. The Labute approximate surface area is 179 Å². The lowest BCUT2D eigenvalue weighted by Gasteiger charge is -2.25. The Morgan fingerprint density at radius 3 is 2.77 bits per heavy atom. The number of aromatic amines is 1. The van der Waals surface area contributed by atoms with Crippen LogP contribution in [0, 0.1) is 6.92 Å². The number of aromatic nitrogens is 1. The average molecular weight is 426 g/mol. The summed E-state index contributed by atoms with van der Waals surface area (Å²) in [5.74, 6) is 0. The molecule has 0 spiro atoms. The Balaban J connectivity index is 1.59. The van der Waals surface area contributed by atoms with E-state index in [0.29, 0.717) is 29.4 Å². The number of rotatable bonds is 5. The van der Waals surface area contributed by atoms with Crippen LogP contribution in [0.3, 0.4) is 0 Å². The zero-order valence-corrected chi connectivity index (χ0v) is 17.5. The lowest BCUT2D eigenvalue weighted by Crippen LogP contribution is -2.40. The normalized spacial score (nSPS) is 16.0. The lowest BCUT2D eigenvalue weighted by molar-refractivity contribution is 0.0818. The number of halogens is 1. The number of urea groups is 1. The summed E-state index contributed by atoms with van der Waals surface area (Å²) in [5.41, 5.74) is 2.88. The van der Waals surface area contributed by atoms with Crippen molar-refractivity contribution in [1.29, 1.82) is 0 Å². The summed E-state index contributed by atoms with van der Waals surface area (Å²) < 4.78 is 5.73. The second-order valence-corrected chi connectivity index (χ2v) is 8.10. The van der Waals surface area contributed by atoms with E-state index in [2.05, 4.69) is 10.3 Å². The van der Waals surface area contributed by atoms with E-state index in [4.69, 9.17) is 16.3 Å². The molecular weight excluding hydrogens is 402 g/mol. The Hall–Kier alpha value is -2.83. The maximum absolute atomic E-state index is 13.0. The average Bonchev–Trinajstić information content (AvgIpc) is 3.23. The first kappa shape index (κ1) is 20.4. The van der Waals surface area contributed by atoms with Gasteiger partial charge in [0.15, 0.2) is 0 Å². The molecular formula is C23H24ClN3O3. The van der Waals surface area contributed by atoms with Crippen molar-refractivity contribution in [2.75, 3.05) is 18.5 Å². The predicted octanol–water partition coefficient (Wildman–Crippen LogP) is 4.70. The van der Waals surface area contributed by atoms with Gasteiger partial charge in [0.2, 0.25) is 0 Å². The lowest BCUT2D eigenvalue weighted by atomic mass is 10.1. The van der Waals surface area contributed by atoms with Crippen molar-refractivity contribution in [3.63, 3.8) is 0 Å². The number of pyridine rings is 1. The van der Waals surface area contributed by atoms with Gasteiger partial charge in [-0.1, -0.05) is 23.2 Å². The molecule has 0 unspecified atom stereocenters. The van der Waals surface area contributed by atoms with E-state index in [1.54, 1.807) is 29.2 Å². The highest BCUT2D eigenvalue weighted by atomic mass is 35.5. The number of ether oxygens (including phenoxy) is 1. The number of aryl methyl sites for hydroxylation is 1. The summed E-state index contributed by atoms with van der Waals surface area (Å²) in [6.45, 7) is 3.32. The Morgan fingerprint density at radius 1 is 1.23 bits per heavy atom. The second-order valence-electron chi connectivity index (χ2n) is 7.67. The summed E-state index contributed by atoms with van der Waals surface area (Å²) in [5, 5.41) is 4.43. The second kappa shape index (κ2) is 8.90. The van der Waals surface area contributed by atoms with Crippen molar-refractivity contribution < 1.29 is 9.53 Å². The fourth-order valence-corrected chi connectivity index (χ4v) is 3.81. The van der Waals surface area contributed by atoms with Crippen molar-refractivity contribution in [3.8, 4) is 0 Å². The first-order valence-electron chi connectivity index (χ1n) is 10.0. The van der Waals surface area contributed by atoms with Crippen molar-refractivity contribution in [2.24, 2.45) is 0 Å². The molecule has 7 heteroatoms. The number of nitrogens with zero attached hydrogens (tertiary/aromatic N) is 1. The molecule has 3 aromatic rings. The molecule has 156 valence electrons. The molecule has 2 aromatic carbocycles. The monoisotopic (exact) mass is 425 g/mol. The van der Waals surface area contributed by atoms with Crippen LogP contribution in [0.1, 0.15) is 24.0 Å². The first-order chi connectivity index (χ1) is 14.5. The number of anilines is 1. The molecule has 1 atom stereocenters. The topological polar surface area (TPSA) is 74.4 Å². The number of amides is 2. The number of hydrogen-bond acceptors (Lipinski definition) is 3. The molecule has 0 saturated carbocycles. The summed E-state index contributed by atoms with van der Waals surface area (Å²) in [7, 11) is 0. The molecule has 1 saturated heterocycles. The molecule has 1 aliphatic heterocycles. The van der Waals surface area contributed by atoms with Gasteiger partial charge in [-0.05, 0) is 67.6 Å². The number of benzene rings is 2. The van der Waals surface area contributed by atoms with Gasteiger partial charge < -0.3 is 19.9 Å². The van der Waals surface area contributed by atoms with Crippen LogP contribution in [-0.2, 0) is 11.3 Å². The smallest absolute Gasteiger partial charge is 0.322 e. The molecule has 1 aliphatic rings. The zero-order valence-electron chi connectivity index (χ0n) is 16.8. The van der Waals surface area contributed by atoms with Gasteiger partial charge in [-0.2, -0.15) is 0 Å². The highest BCUT2D eigenvalue weighted by molar-refractivity contribution is 6.30. The molecule has 2 heterocycles. The molecule has 6 nitrogen and oxygen atoms in total. The summed E-state index contributed by atoms with van der Waals surface area (Å²) in [6, 6.07) is 14.4. The van der Waals surface area contributed by atoms with E-state index >= 15 is 0 Å². The van der Waals surface area contributed by atoms with Gasteiger partial charge in [-0.25, -0.2) is 4.79 Å². The van der Waals surface area contributed by atoms with Crippen molar-refractivity contribution in [1.82, 2.24) is 9.88 Å². The molecule has 1 aromatic heterocycles. The number of nitrogens with one attached hydrogen (secondary N) is 2. The highest BCUT2D eigenvalue weighted by Gasteiger charge is 2.24. The van der Waals surface area contributed by atoms with Crippen LogP contribution >= 0.6 is 11.6 Å². The molecule has 0 radical (unpaired) electrons. The van der Waals surface area contributed by atoms with Gasteiger partial charge >= 0.3 is 6.03 Å². The number of H-pyrrole nitrogens is 1. The number of hydrogen-bond donors (Lipinski definition) is 2. The standard InChI is InChI=1S/C23H24ClN3O3/c1-15-4-9-21-16(11-15)12-17(22(28)26-21)13-27(14-20-3-2-10-30-20)23(29)25-19-7-5-18(24)6-8-19/h4-9,11-12,20H,2-3,10,13-14H2,1H3,(H,25,29)(H,26,28)/t20-/m1/s1. The fraction of sp³-hybridized carbons (Fsp3) is 0.304. The third-order valence-corrected chi connectivity index (χ3v) is 5.52. The van der Waals surface area contributed by atoms with E-state index < -0.39 is 0 Å². The van der Waals surface area contributed by atoms with Crippen molar-refractivity contribution in [2.45, 2.75) is 32.4 Å². The van der Waals surface area contributed by atoms with Gasteiger partial charge in [0.25, 0.3) is 5.56 Å². The van der Waals surface area contributed by atoms with Gasteiger partial charge in [0.05, 0.1) is 12.6 Å². The van der Waals surface area contributed by atoms with E-state index in [9.17, 15) is 9.59 Å². The Kier molecular flexibility index (Phi) is 6.06. The van der Waals surface area contributed by atoms with Crippen LogP contribution in [0.4, 0.5) is 10.5 Å². The quantitative estimate of drug-likeness (QED) is 0.622. The first-order valence-corrected chi connectivity index (χ1v) is 10.4. The van der Waals surface area contributed by atoms with Crippen molar-refractivity contribution >= 4 is 34.2 Å². The molecule has 4 rings (SSSR count). The molecule has 0 bridgehead atoms. The Bertz CT molecular complexity index is 1100. The maximum atomic E-state index is 13.0. The van der Waals surface area contributed by atoms with E-state index in [-0.39, 0.29) is 24.2 Å². The van der Waals surface area contributed by atoms with Crippen LogP contribution in [0.2, 0.25) is 5.02 Å². The minimum atomic E-state index is -0.281. The minimum absolute atomic E-state index is 0.0252. The van der Waals surface area contributed by atoms with Crippen LogP contribution in [-0.4, -0.2) is 35.2 Å². The zero-order chi connectivity index (χ0) is 21.1. The van der Waals surface area contributed by atoms with Crippen LogP contribution in [0.15, 0.2) is 53.3 Å². The van der Waals surface area contributed by atoms with Crippen LogP contribution in [0.25, 0.3) is 10.9 Å². The van der Waals surface area contributed by atoms with E-state index in [0.717, 1.165) is 29.3 Å². The van der Waals surface area contributed by atoms with Crippen LogP contribution < -0.4 is 10.9 Å². The third-order valence-electron chi connectivity index (χ3n) is 5.27. The van der Waals surface area contributed by atoms with E-state index in [1.807, 2.05) is 31.2 Å². The highest BCUT2D eigenvalue weighted by Crippen LogP contribution is 2.19. The molecule has 30 heavy (non-hydrogen) atoms.